The monoisotopic (exact) mass is 308 g/mol. The number of carbonyl (C=O) groups is 2. The quantitative estimate of drug-likeness (QED) is 0.645. The molecule has 0 saturated heterocycles. The maximum absolute atomic E-state index is 11.8. The number of hydrogen-bond acceptors (Lipinski definition) is 5. The summed E-state index contributed by atoms with van der Waals surface area (Å²) in [5, 5.41) is 2.45. The van der Waals surface area contributed by atoms with Crippen molar-refractivity contribution in [3.8, 4) is 0 Å². The summed E-state index contributed by atoms with van der Waals surface area (Å²) in [6.45, 7) is 7.15. The third-order valence-corrected chi connectivity index (χ3v) is 2.69. The second kappa shape index (κ2) is 8.36. The fourth-order valence-electron chi connectivity index (χ4n) is 1.67. The van der Waals surface area contributed by atoms with Crippen LogP contribution in [-0.2, 0) is 20.7 Å². The largest absolute Gasteiger partial charge is 0.464 e. The molecule has 6 nitrogen and oxygen atoms in total. The van der Waals surface area contributed by atoms with Crippen LogP contribution in [-0.4, -0.2) is 35.3 Å². The Bertz CT molecular complexity index is 483. The molecule has 1 aromatic heterocycles. The molecule has 0 aliphatic rings. The number of aromatic nitrogens is 1. The maximum atomic E-state index is 11.8. The highest BCUT2D eigenvalue weighted by Crippen LogP contribution is 2.07. The number of nitrogens with one attached hydrogen (secondary N) is 1. The topological polar surface area (TPSA) is 77.5 Å². The van der Waals surface area contributed by atoms with Crippen molar-refractivity contribution in [3.63, 3.8) is 0 Å². The van der Waals surface area contributed by atoms with E-state index >= 15 is 0 Å². The summed E-state index contributed by atoms with van der Waals surface area (Å²) in [6, 6.07) is 3.11. The lowest BCUT2D eigenvalue weighted by Gasteiger charge is -2.21. The van der Waals surface area contributed by atoms with Gasteiger partial charge in [0, 0.05) is 12.4 Å². The standard InChI is InChI=1S/C16H24N2O4/c1-12(18-15(20)22-16(2,3)4)14(19)21-11-5-6-13-7-9-17-10-8-13/h7-10,12H,5-6,11H2,1-4H3,(H,18,20). The third kappa shape index (κ3) is 7.61. The summed E-state index contributed by atoms with van der Waals surface area (Å²) in [4.78, 5) is 27.2. The number of esters is 1. The van der Waals surface area contributed by atoms with Gasteiger partial charge in [0.05, 0.1) is 6.61 Å². The second-order valence-electron chi connectivity index (χ2n) is 5.99. The number of carbonyl (C=O) groups excluding carboxylic acids is 2. The van der Waals surface area contributed by atoms with E-state index < -0.39 is 23.7 Å². The van der Waals surface area contributed by atoms with E-state index in [0.29, 0.717) is 6.61 Å². The zero-order valence-corrected chi connectivity index (χ0v) is 13.6. The highest BCUT2D eigenvalue weighted by molar-refractivity contribution is 5.80. The van der Waals surface area contributed by atoms with Gasteiger partial charge in [0.2, 0.25) is 0 Å². The number of ether oxygens (including phenoxy) is 2. The van der Waals surface area contributed by atoms with Crippen LogP contribution in [0.15, 0.2) is 24.5 Å². The van der Waals surface area contributed by atoms with Gasteiger partial charge in [0.15, 0.2) is 0 Å². The van der Waals surface area contributed by atoms with Crippen LogP contribution in [0, 0.1) is 0 Å². The van der Waals surface area contributed by atoms with Gasteiger partial charge in [-0.25, -0.2) is 9.59 Å². The van der Waals surface area contributed by atoms with Crippen molar-refractivity contribution in [1.82, 2.24) is 10.3 Å². The summed E-state index contributed by atoms with van der Waals surface area (Å²) in [5.41, 5.74) is 0.545. The van der Waals surface area contributed by atoms with Gasteiger partial charge in [-0.05, 0) is 58.2 Å². The molecule has 1 unspecified atom stereocenters. The molecule has 1 amide bonds. The normalized spacial score (nSPS) is 12.4. The van der Waals surface area contributed by atoms with Gasteiger partial charge in [-0.2, -0.15) is 0 Å². The molecule has 0 saturated carbocycles. The molecule has 1 rings (SSSR count). The Morgan fingerprint density at radius 3 is 2.50 bits per heavy atom. The van der Waals surface area contributed by atoms with E-state index in [2.05, 4.69) is 10.3 Å². The first-order valence-corrected chi connectivity index (χ1v) is 7.33. The van der Waals surface area contributed by atoms with Crippen LogP contribution in [0.3, 0.4) is 0 Å². The summed E-state index contributed by atoms with van der Waals surface area (Å²) < 4.78 is 10.2. The van der Waals surface area contributed by atoms with E-state index in [1.807, 2.05) is 12.1 Å². The predicted octanol–water partition coefficient (Wildman–Crippen LogP) is 2.47. The first-order chi connectivity index (χ1) is 10.3. The van der Waals surface area contributed by atoms with Gasteiger partial charge in [0.25, 0.3) is 0 Å². The van der Waals surface area contributed by atoms with Gasteiger partial charge in [-0.15, -0.1) is 0 Å². The van der Waals surface area contributed by atoms with Crippen molar-refractivity contribution in [1.29, 1.82) is 0 Å². The molecule has 1 heterocycles. The van der Waals surface area contributed by atoms with E-state index in [1.54, 1.807) is 40.1 Å². The van der Waals surface area contributed by atoms with Crippen molar-refractivity contribution in [2.24, 2.45) is 0 Å². The van der Waals surface area contributed by atoms with Crippen LogP contribution in [0.25, 0.3) is 0 Å². The maximum Gasteiger partial charge on any atom is 0.408 e. The predicted molar refractivity (Wildman–Crippen MR) is 82.3 cm³/mol. The lowest BCUT2D eigenvalue weighted by molar-refractivity contribution is -0.145. The lowest BCUT2D eigenvalue weighted by Crippen LogP contribution is -2.42. The third-order valence-electron chi connectivity index (χ3n) is 2.69. The molecule has 0 aliphatic carbocycles. The first-order valence-electron chi connectivity index (χ1n) is 7.33. The molecule has 0 fully saturated rings. The van der Waals surface area contributed by atoms with Crippen molar-refractivity contribution < 1.29 is 19.1 Å². The van der Waals surface area contributed by atoms with Crippen LogP contribution < -0.4 is 5.32 Å². The SMILES string of the molecule is CC(NC(=O)OC(C)(C)C)C(=O)OCCCc1ccncc1. The van der Waals surface area contributed by atoms with Gasteiger partial charge in [-0.3, -0.25) is 4.98 Å². The Labute approximate surface area is 131 Å². The molecule has 0 aliphatic heterocycles. The van der Waals surface area contributed by atoms with E-state index in [0.717, 1.165) is 18.4 Å². The van der Waals surface area contributed by atoms with Gasteiger partial charge in [-0.1, -0.05) is 0 Å². The van der Waals surface area contributed by atoms with E-state index in [4.69, 9.17) is 9.47 Å². The average Bonchev–Trinajstić information content (AvgIpc) is 2.42. The van der Waals surface area contributed by atoms with Crippen LogP contribution in [0.5, 0.6) is 0 Å². The van der Waals surface area contributed by atoms with Crippen LogP contribution in [0.1, 0.15) is 39.7 Å². The van der Waals surface area contributed by atoms with Crippen molar-refractivity contribution >= 4 is 12.1 Å². The molecule has 22 heavy (non-hydrogen) atoms. The van der Waals surface area contributed by atoms with E-state index in [1.165, 1.54) is 0 Å². The summed E-state index contributed by atoms with van der Waals surface area (Å²) >= 11 is 0. The Kier molecular flexibility index (Phi) is 6.82. The van der Waals surface area contributed by atoms with Crippen LogP contribution >= 0.6 is 0 Å². The first kappa shape index (κ1) is 17.9. The summed E-state index contributed by atoms with van der Waals surface area (Å²) in [7, 11) is 0. The molecule has 0 radical (unpaired) electrons. The minimum Gasteiger partial charge on any atom is -0.464 e. The van der Waals surface area contributed by atoms with Gasteiger partial charge >= 0.3 is 12.1 Å². The van der Waals surface area contributed by atoms with Crippen LogP contribution in [0.2, 0.25) is 0 Å². The van der Waals surface area contributed by atoms with Crippen LogP contribution in [0.4, 0.5) is 4.79 Å². The minimum atomic E-state index is -0.740. The van der Waals surface area contributed by atoms with Crippen molar-refractivity contribution in [2.75, 3.05) is 6.61 Å². The molecule has 0 aromatic carbocycles. The zero-order chi connectivity index (χ0) is 16.6. The zero-order valence-electron chi connectivity index (χ0n) is 13.6. The Hall–Kier alpha value is -2.11. The molecular weight excluding hydrogens is 284 g/mol. The molecule has 0 bridgehead atoms. The summed E-state index contributed by atoms with van der Waals surface area (Å²) in [5.74, 6) is -0.472. The van der Waals surface area contributed by atoms with Crippen molar-refractivity contribution in [3.05, 3.63) is 30.1 Å². The second-order valence-corrected chi connectivity index (χ2v) is 5.99. The molecule has 0 spiro atoms. The molecule has 1 aromatic rings. The highest BCUT2D eigenvalue weighted by Gasteiger charge is 2.21. The fourth-order valence-corrected chi connectivity index (χ4v) is 1.67. The number of amides is 1. The Balaban J connectivity index is 2.22. The lowest BCUT2D eigenvalue weighted by atomic mass is 10.1. The molecule has 6 heteroatoms. The molecule has 1 atom stereocenters. The van der Waals surface area contributed by atoms with Crippen molar-refractivity contribution in [2.45, 2.75) is 52.2 Å². The summed E-state index contributed by atoms with van der Waals surface area (Å²) in [6.07, 6.45) is 4.36. The number of aryl methyl sites for hydroxylation is 1. The highest BCUT2D eigenvalue weighted by atomic mass is 16.6. The molecule has 122 valence electrons. The smallest absolute Gasteiger partial charge is 0.408 e. The fraction of sp³-hybridized carbons (Fsp3) is 0.562. The number of rotatable bonds is 6. The van der Waals surface area contributed by atoms with E-state index in [-0.39, 0.29) is 0 Å². The van der Waals surface area contributed by atoms with Gasteiger partial charge < -0.3 is 14.8 Å². The van der Waals surface area contributed by atoms with E-state index in [9.17, 15) is 9.59 Å². The molecule has 1 N–H and O–H groups in total. The minimum absolute atomic E-state index is 0.307. The Morgan fingerprint density at radius 1 is 1.27 bits per heavy atom. The number of hydrogen-bond donors (Lipinski definition) is 1. The number of nitrogens with zero attached hydrogens (tertiary/aromatic N) is 1. The number of pyridine rings is 1. The average molecular weight is 308 g/mol. The Morgan fingerprint density at radius 2 is 1.91 bits per heavy atom. The van der Waals surface area contributed by atoms with Gasteiger partial charge in [0.1, 0.15) is 11.6 Å². The number of alkyl carbamates (subject to hydrolysis) is 1. The molecular formula is C16H24N2O4.